The van der Waals surface area contributed by atoms with Gasteiger partial charge in [0.05, 0.1) is 12.2 Å². The highest BCUT2D eigenvalue weighted by Crippen LogP contribution is 2.32. The van der Waals surface area contributed by atoms with E-state index in [2.05, 4.69) is 0 Å². The second kappa shape index (κ2) is 3.89. The summed E-state index contributed by atoms with van der Waals surface area (Å²) in [7, 11) is 0. The zero-order valence-corrected chi connectivity index (χ0v) is 8.42. The Balaban J connectivity index is 2.11. The molecule has 0 bridgehead atoms. The molecule has 1 aromatic carbocycles. The molecule has 1 aliphatic carbocycles. The second-order valence-corrected chi connectivity index (χ2v) is 3.86. The fraction of sp³-hybridized carbons (Fsp3) is 0.364. The minimum Gasteiger partial charge on any atom is -0.492 e. The van der Waals surface area contributed by atoms with E-state index in [0.29, 0.717) is 28.9 Å². The lowest BCUT2D eigenvalue weighted by atomic mass is 10.2. The van der Waals surface area contributed by atoms with Crippen LogP contribution in [-0.4, -0.2) is 6.61 Å². The van der Waals surface area contributed by atoms with E-state index >= 15 is 0 Å². The van der Waals surface area contributed by atoms with Crippen molar-refractivity contribution in [2.24, 2.45) is 5.92 Å². The number of halogens is 1. The summed E-state index contributed by atoms with van der Waals surface area (Å²) in [6.45, 7) is 0.717. The first kappa shape index (κ1) is 9.36. The van der Waals surface area contributed by atoms with Gasteiger partial charge in [0.25, 0.3) is 0 Å². The van der Waals surface area contributed by atoms with Crippen LogP contribution in [0.15, 0.2) is 18.2 Å². The Hall–Kier alpha value is -1.20. The molecule has 2 rings (SSSR count). The molecule has 3 heteroatoms. The summed E-state index contributed by atoms with van der Waals surface area (Å²) in [5.41, 5.74) is 0.472. The predicted octanol–water partition coefficient (Wildman–Crippen LogP) is 3.00. The predicted molar refractivity (Wildman–Crippen MR) is 54.4 cm³/mol. The van der Waals surface area contributed by atoms with E-state index in [1.807, 2.05) is 6.07 Å². The molecule has 0 saturated heterocycles. The fourth-order valence-corrected chi connectivity index (χ4v) is 1.42. The number of rotatable bonds is 3. The SMILES string of the molecule is N#Cc1cccc(OCC2CC2)c1Cl. The minimum atomic E-state index is 0.427. The number of hydrogen-bond acceptors (Lipinski definition) is 2. The lowest BCUT2D eigenvalue weighted by molar-refractivity contribution is 0.300. The second-order valence-electron chi connectivity index (χ2n) is 3.48. The van der Waals surface area contributed by atoms with Crippen LogP contribution in [-0.2, 0) is 0 Å². The highest BCUT2D eigenvalue weighted by molar-refractivity contribution is 6.33. The van der Waals surface area contributed by atoms with Gasteiger partial charge in [-0.05, 0) is 30.9 Å². The van der Waals surface area contributed by atoms with Crippen molar-refractivity contribution in [3.8, 4) is 11.8 Å². The van der Waals surface area contributed by atoms with Gasteiger partial charge in [-0.3, -0.25) is 0 Å². The molecule has 0 unspecified atom stereocenters. The Morgan fingerprint density at radius 1 is 1.50 bits per heavy atom. The number of hydrogen-bond donors (Lipinski definition) is 0. The van der Waals surface area contributed by atoms with E-state index < -0.39 is 0 Å². The summed E-state index contributed by atoms with van der Waals surface area (Å²) >= 11 is 5.97. The van der Waals surface area contributed by atoms with Gasteiger partial charge >= 0.3 is 0 Å². The number of nitrogens with zero attached hydrogens (tertiary/aromatic N) is 1. The molecule has 0 aliphatic heterocycles. The van der Waals surface area contributed by atoms with Crippen molar-refractivity contribution < 1.29 is 4.74 Å². The molecule has 0 amide bonds. The molecule has 14 heavy (non-hydrogen) atoms. The Labute approximate surface area is 88.1 Å². The number of benzene rings is 1. The molecule has 1 aromatic rings. The average molecular weight is 208 g/mol. The Bertz CT molecular complexity index is 379. The van der Waals surface area contributed by atoms with Crippen LogP contribution in [0.25, 0.3) is 0 Å². The normalized spacial score (nSPS) is 14.9. The van der Waals surface area contributed by atoms with Crippen molar-refractivity contribution in [1.82, 2.24) is 0 Å². The van der Waals surface area contributed by atoms with Crippen molar-refractivity contribution in [2.45, 2.75) is 12.8 Å². The van der Waals surface area contributed by atoms with Gasteiger partial charge in [0.2, 0.25) is 0 Å². The van der Waals surface area contributed by atoms with Crippen molar-refractivity contribution in [3.05, 3.63) is 28.8 Å². The smallest absolute Gasteiger partial charge is 0.139 e. The van der Waals surface area contributed by atoms with E-state index in [0.717, 1.165) is 0 Å². The summed E-state index contributed by atoms with van der Waals surface area (Å²) in [6, 6.07) is 7.30. The maximum Gasteiger partial charge on any atom is 0.139 e. The molecule has 72 valence electrons. The van der Waals surface area contributed by atoms with Crippen LogP contribution < -0.4 is 4.74 Å². The highest BCUT2D eigenvalue weighted by Gasteiger charge is 2.22. The van der Waals surface area contributed by atoms with Crippen LogP contribution in [0.2, 0.25) is 5.02 Å². The van der Waals surface area contributed by atoms with Crippen LogP contribution in [0.1, 0.15) is 18.4 Å². The summed E-state index contributed by atoms with van der Waals surface area (Å²) in [5.74, 6) is 1.31. The molecular formula is C11H10ClNO. The van der Waals surface area contributed by atoms with Crippen LogP contribution in [0.5, 0.6) is 5.75 Å². The van der Waals surface area contributed by atoms with E-state index in [4.69, 9.17) is 21.6 Å². The molecule has 2 nitrogen and oxygen atoms in total. The molecule has 0 heterocycles. The maximum absolute atomic E-state index is 8.74. The molecule has 0 N–H and O–H groups in total. The molecule has 0 aromatic heterocycles. The van der Waals surface area contributed by atoms with Crippen molar-refractivity contribution in [1.29, 1.82) is 5.26 Å². The van der Waals surface area contributed by atoms with Crippen LogP contribution in [0, 0.1) is 17.2 Å². The van der Waals surface area contributed by atoms with Crippen molar-refractivity contribution in [3.63, 3.8) is 0 Å². The zero-order valence-electron chi connectivity index (χ0n) is 7.66. The first-order chi connectivity index (χ1) is 6.81. The van der Waals surface area contributed by atoms with Gasteiger partial charge in [0.15, 0.2) is 0 Å². The monoisotopic (exact) mass is 207 g/mol. The number of ether oxygens (including phenoxy) is 1. The lowest BCUT2D eigenvalue weighted by Gasteiger charge is -2.07. The topological polar surface area (TPSA) is 33.0 Å². The lowest BCUT2D eigenvalue weighted by Crippen LogP contribution is -1.99. The third-order valence-corrected chi connectivity index (χ3v) is 2.65. The first-order valence-corrected chi connectivity index (χ1v) is 5.00. The highest BCUT2D eigenvalue weighted by atomic mass is 35.5. The van der Waals surface area contributed by atoms with Gasteiger partial charge in [-0.2, -0.15) is 5.26 Å². The van der Waals surface area contributed by atoms with Crippen molar-refractivity contribution >= 4 is 11.6 Å². The van der Waals surface area contributed by atoms with E-state index in [1.165, 1.54) is 12.8 Å². The summed E-state index contributed by atoms with van der Waals surface area (Å²) in [5, 5.41) is 9.17. The Kier molecular flexibility index (Phi) is 2.60. The van der Waals surface area contributed by atoms with Gasteiger partial charge in [0.1, 0.15) is 16.8 Å². The Morgan fingerprint density at radius 2 is 2.29 bits per heavy atom. The molecule has 0 atom stereocenters. The Morgan fingerprint density at radius 3 is 2.93 bits per heavy atom. The van der Waals surface area contributed by atoms with Crippen LogP contribution >= 0.6 is 11.6 Å². The van der Waals surface area contributed by atoms with Gasteiger partial charge in [0, 0.05) is 0 Å². The third kappa shape index (κ3) is 2.00. The summed E-state index contributed by atoms with van der Waals surface area (Å²) in [6.07, 6.45) is 2.49. The quantitative estimate of drug-likeness (QED) is 0.764. The van der Waals surface area contributed by atoms with Crippen LogP contribution in [0.3, 0.4) is 0 Å². The van der Waals surface area contributed by atoms with Crippen LogP contribution in [0.4, 0.5) is 0 Å². The number of nitriles is 1. The minimum absolute atomic E-state index is 0.427. The first-order valence-electron chi connectivity index (χ1n) is 4.62. The van der Waals surface area contributed by atoms with Crippen molar-refractivity contribution in [2.75, 3.05) is 6.61 Å². The zero-order chi connectivity index (χ0) is 9.97. The maximum atomic E-state index is 8.74. The third-order valence-electron chi connectivity index (χ3n) is 2.26. The molecule has 1 aliphatic rings. The molecule has 1 fully saturated rings. The van der Waals surface area contributed by atoms with E-state index in [1.54, 1.807) is 18.2 Å². The fourth-order valence-electron chi connectivity index (χ4n) is 1.20. The van der Waals surface area contributed by atoms with E-state index in [-0.39, 0.29) is 0 Å². The molecule has 0 spiro atoms. The summed E-state index contributed by atoms with van der Waals surface area (Å²) in [4.78, 5) is 0. The molecular weight excluding hydrogens is 198 g/mol. The van der Waals surface area contributed by atoms with Gasteiger partial charge < -0.3 is 4.74 Å². The average Bonchev–Trinajstić information content (AvgIpc) is 3.00. The van der Waals surface area contributed by atoms with Gasteiger partial charge in [-0.25, -0.2) is 0 Å². The standard InChI is InChI=1S/C11H10ClNO/c12-11-9(6-13)2-1-3-10(11)14-7-8-4-5-8/h1-3,8H,4-5,7H2. The molecule has 0 radical (unpaired) electrons. The summed E-state index contributed by atoms with van der Waals surface area (Å²) < 4.78 is 5.52. The molecule has 1 saturated carbocycles. The van der Waals surface area contributed by atoms with Gasteiger partial charge in [-0.1, -0.05) is 17.7 Å². The largest absolute Gasteiger partial charge is 0.492 e. The van der Waals surface area contributed by atoms with Gasteiger partial charge in [-0.15, -0.1) is 0 Å². The van der Waals surface area contributed by atoms with E-state index in [9.17, 15) is 0 Å².